The van der Waals surface area contributed by atoms with Gasteiger partial charge in [0.2, 0.25) is 0 Å². The van der Waals surface area contributed by atoms with Crippen molar-refractivity contribution in [3.8, 4) is 0 Å². The average Bonchev–Trinajstić information content (AvgIpc) is 2.55. The number of halogens is 2. The molecule has 1 aliphatic rings. The highest BCUT2D eigenvalue weighted by Gasteiger charge is 2.43. The molecular weight excluding hydrogens is 304 g/mol. The van der Waals surface area contributed by atoms with Gasteiger partial charge in [-0.15, -0.1) is 0 Å². The van der Waals surface area contributed by atoms with E-state index in [-0.39, 0.29) is 12.5 Å². The number of nitrogen functional groups attached to an aromatic ring is 1. The number of nitrogens with zero attached hydrogens (tertiary/aromatic N) is 2. The Morgan fingerprint density at radius 2 is 2.09 bits per heavy atom. The van der Waals surface area contributed by atoms with Crippen LogP contribution < -0.4 is 11.4 Å². The first kappa shape index (κ1) is 15.6. The van der Waals surface area contributed by atoms with Gasteiger partial charge in [0.15, 0.2) is 11.6 Å². The molecule has 1 fully saturated rings. The van der Waals surface area contributed by atoms with Crippen molar-refractivity contribution in [3.63, 3.8) is 0 Å². The van der Waals surface area contributed by atoms with Crippen LogP contribution in [0.5, 0.6) is 0 Å². The Balaban J connectivity index is 1.55. The van der Waals surface area contributed by atoms with Crippen LogP contribution in [0.1, 0.15) is 18.0 Å². The second-order valence-electron chi connectivity index (χ2n) is 5.67. The molecule has 1 aromatic heterocycles. The van der Waals surface area contributed by atoms with Crippen LogP contribution in [-0.4, -0.2) is 22.3 Å². The lowest BCUT2D eigenvalue weighted by atomic mass is 9.78. The van der Waals surface area contributed by atoms with E-state index < -0.39 is 29.5 Å². The van der Waals surface area contributed by atoms with Gasteiger partial charge in [0, 0.05) is 12.1 Å². The quantitative estimate of drug-likeness (QED) is 0.915. The number of benzene rings is 1. The van der Waals surface area contributed by atoms with Gasteiger partial charge in [-0.3, -0.25) is 4.57 Å². The van der Waals surface area contributed by atoms with E-state index in [9.17, 15) is 13.6 Å². The van der Waals surface area contributed by atoms with Gasteiger partial charge in [-0.2, -0.15) is 4.98 Å². The minimum atomic E-state index is -1.27. The van der Waals surface area contributed by atoms with Gasteiger partial charge in [-0.1, -0.05) is 30.3 Å². The predicted octanol–water partition coefficient (Wildman–Crippen LogP) is 2.08. The van der Waals surface area contributed by atoms with Gasteiger partial charge in [0.1, 0.15) is 6.17 Å². The van der Waals surface area contributed by atoms with Crippen molar-refractivity contribution >= 4 is 5.82 Å². The van der Waals surface area contributed by atoms with E-state index in [1.54, 1.807) is 0 Å². The standard InChI is InChI=1S/C16H17F2N3O2/c17-12-7-21(16(22)20-15(12)19)13-6-11(14(13)18)9-23-8-10-4-2-1-3-5-10/h1-5,7,11,13-14H,6,8-9H2,(H2,19,20,22)/t11-,13+,14-/m1/s1. The summed E-state index contributed by atoms with van der Waals surface area (Å²) in [7, 11) is 0. The van der Waals surface area contributed by atoms with Crippen molar-refractivity contribution in [3.05, 3.63) is 58.4 Å². The molecule has 0 aliphatic heterocycles. The summed E-state index contributed by atoms with van der Waals surface area (Å²) in [4.78, 5) is 15.0. The van der Waals surface area contributed by atoms with Crippen LogP contribution in [0.25, 0.3) is 0 Å². The van der Waals surface area contributed by atoms with Crippen molar-refractivity contribution in [2.45, 2.75) is 25.2 Å². The fourth-order valence-corrected chi connectivity index (χ4v) is 2.71. The number of hydrogen-bond donors (Lipinski definition) is 1. The third kappa shape index (κ3) is 3.24. The summed E-state index contributed by atoms with van der Waals surface area (Å²) in [5.41, 5.74) is 5.50. The zero-order valence-corrected chi connectivity index (χ0v) is 12.4. The maximum absolute atomic E-state index is 14.2. The van der Waals surface area contributed by atoms with Gasteiger partial charge in [0.05, 0.1) is 19.3 Å². The average molecular weight is 321 g/mol. The van der Waals surface area contributed by atoms with Crippen molar-refractivity contribution in [2.24, 2.45) is 5.92 Å². The molecule has 1 saturated carbocycles. The SMILES string of the molecule is Nc1nc(=O)n([C@H]2C[C@H](COCc3ccccc3)[C@H]2F)cc1F. The first-order valence-electron chi connectivity index (χ1n) is 7.36. The molecule has 0 unspecified atom stereocenters. The van der Waals surface area contributed by atoms with Gasteiger partial charge in [0.25, 0.3) is 0 Å². The lowest BCUT2D eigenvalue weighted by Crippen LogP contribution is -2.46. The largest absolute Gasteiger partial charge is 0.381 e. The number of ether oxygens (including phenoxy) is 1. The maximum Gasteiger partial charge on any atom is 0.350 e. The smallest absolute Gasteiger partial charge is 0.350 e. The van der Waals surface area contributed by atoms with Crippen molar-refractivity contribution in [1.29, 1.82) is 0 Å². The molecule has 23 heavy (non-hydrogen) atoms. The molecule has 7 heteroatoms. The molecule has 0 amide bonds. The van der Waals surface area contributed by atoms with Gasteiger partial charge < -0.3 is 10.5 Å². The van der Waals surface area contributed by atoms with E-state index >= 15 is 0 Å². The van der Waals surface area contributed by atoms with Gasteiger partial charge in [-0.05, 0) is 12.0 Å². The molecule has 5 nitrogen and oxygen atoms in total. The number of rotatable bonds is 5. The predicted molar refractivity (Wildman–Crippen MR) is 81.0 cm³/mol. The van der Waals surface area contributed by atoms with Gasteiger partial charge >= 0.3 is 5.69 Å². The summed E-state index contributed by atoms with van der Waals surface area (Å²) < 4.78 is 34.1. The molecule has 3 rings (SSSR count). The molecule has 2 N–H and O–H groups in total. The summed E-state index contributed by atoms with van der Waals surface area (Å²) in [6.45, 7) is 0.666. The molecule has 1 heterocycles. The Hall–Kier alpha value is -2.28. The number of aromatic nitrogens is 2. The lowest BCUT2D eigenvalue weighted by Gasteiger charge is -2.39. The molecular formula is C16H17F2N3O2. The fourth-order valence-electron chi connectivity index (χ4n) is 2.71. The monoisotopic (exact) mass is 321 g/mol. The van der Waals surface area contributed by atoms with Crippen LogP contribution in [-0.2, 0) is 11.3 Å². The molecule has 0 bridgehead atoms. The molecule has 1 aliphatic carbocycles. The highest BCUT2D eigenvalue weighted by Crippen LogP contribution is 2.40. The first-order chi connectivity index (χ1) is 11.1. The van der Waals surface area contributed by atoms with Crippen molar-refractivity contribution in [2.75, 3.05) is 12.3 Å². The summed E-state index contributed by atoms with van der Waals surface area (Å²) >= 11 is 0. The Morgan fingerprint density at radius 1 is 1.35 bits per heavy atom. The van der Waals surface area contributed by atoms with E-state index in [1.165, 1.54) is 0 Å². The van der Waals surface area contributed by atoms with E-state index in [0.717, 1.165) is 16.3 Å². The van der Waals surface area contributed by atoms with E-state index in [4.69, 9.17) is 10.5 Å². The second kappa shape index (κ2) is 6.45. The van der Waals surface area contributed by atoms with Gasteiger partial charge in [-0.25, -0.2) is 13.6 Å². The minimum Gasteiger partial charge on any atom is -0.381 e. The topological polar surface area (TPSA) is 70.1 Å². The molecule has 0 spiro atoms. The third-order valence-corrected chi connectivity index (χ3v) is 4.10. The molecule has 1 aromatic carbocycles. The first-order valence-corrected chi connectivity index (χ1v) is 7.36. The highest BCUT2D eigenvalue weighted by molar-refractivity contribution is 5.26. The second-order valence-corrected chi connectivity index (χ2v) is 5.67. The Labute approximate surface area is 131 Å². The van der Waals surface area contributed by atoms with Crippen LogP contribution in [0.15, 0.2) is 41.3 Å². The number of hydrogen-bond acceptors (Lipinski definition) is 4. The maximum atomic E-state index is 14.2. The number of anilines is 1. The molecule has 122 valence electrons. The van der Waals surface area contributed by atoms with E-state index in [1.807, 2.05) is 30.3 Å². The van der Waals surface area contributed by atoms with Crippen molar-refractivity contribution in [1.82, 2.24) is 9.55 Å². The van der Waals surface area contributed by atoms with Crippen LogP contribution in [0.3, 0.4) is 0 Å². The van der Waals surface area contributed by atoms with E-state index in [0.29, 0.717) is 13.0 Å². The van der Waals surface area contributed by atoms with E-state index in [2.05, 4.69) is 4.98 Å². The van der Waals surface area contributed by atoms with Crippen LogP contribution >= 0.6 is 0 Å². The van der Waals surface area contributed by atoms with Crippen LogP contribution in [0.2, 0.25) is 0 Å². The van der Waals surface area contributed by atoms with Crippen LogP contribution in [0, 0.1) is 11.7 Å². The fraction of sp³-hybridized carbons (Fsp3) is 0.375. The van der Waals surface area contributed by atoms with Crippen LogP contribution in [0.4, 0.5) is 14.6 Å². The molecule has 3 atom stereocenters. The Morgan fingerprint density at radius 3 is 2.78 bits per heavy atom. The molecule has 2 aromatic rings. The third-order valence-electron chi connectivity index (χ3n) is 4.10. The summed E-state index contributed by atoms with van der Waals surface area (Å²) in [6, 6.07) is 8.87. The lowest BCUT2D eigenvalue weighted by molar-refractivity contribution is -0.0317. The Bertz CT molecular complexity index is 736. The Kier molecular flexibility index (Phi) is 4.38. The minimum absolute atomic E-state index is 0.256. The summed E-state index contributed by atoms with van der Waals surface area (Å²) in [6.07, 6.45) is 0.0532. The zero-order chi connectivity index (χ0) is 16.4. The number of alkyl halides is 1. The molecule has 0 saturated heterocycles. The summed E-state index contributed by atoms with van der Waals surface area (Å²) in [5.74, 6) is -1.60. The highest BCUT2D eigenvalue weighted by atomic mass is 19.1. The zero-order valence-electron chi connectivity index (χ0n) is 12.4. The van der Waals surface area contributed by atoms with Crippen molar-refractivity contribution < 1.29 is 13.5 Å². The summed E-state index contributed by atoms with van der Waals surface area (Å²) in [5, 5.41) is 0. The normalized spacial score (nSPS) is 23.5. The number of nitrogens with two attached hydrogens (primary N) is 1. The molecule has 0 radical (unpaired) electrons.